The summed E-state index contributed by atoms with van der Waals surface area (Å²) in [6.07, 6.45) is 2.81. The van der Waals surface area contributed by atoms with Gasteiger partial charge in [-0.05, 0) is 43.9 Å². The number of aryl methyl sites for hydroxylation is 1. The molecule has 0 bridgehead atoms. The maximum atomic E-state index is 12.8. The summed E-state index contributed by atoms with van der Waals surface area (Å²) in [5, 5.41) is 15.4. The van der Waals surface area contributed by atoms with Crippen molar-refractivity contribution in [3.8, 4) is 11.8 Å². The number of ether oxygens (including phenoxy) is 1. The number of nitrogens with zero attached hydrogens (tertiary/aromatic N) is 1. The van der Waals surface area contributed by atoms with Gasteiger partial charge in [0.15, 0.2) is 0 Å². The Labute approximate surface area is 148 Å². The molecule has 1 aromatic heterocycles. The van der Waals surface area contributed by atoms with E-state index < -0.39 is 17.4 Å². The Morgan fingerprint density at radius 2 is 2.20 bits per heavy atom. The molecule has 2 N–H and O–H groups in total. The monoisotopic (exact) mass is 353 g/mol. The number of anilines is 2. The van der Waals surface area contributed by atoms with Gasteiger partial charge >= 0.3 is 0 Å². The average Bonchev–Trinajstić information content (AvgIpc) is 3.16. The SMILES string of the molecule is CC1(C(=O)Nc2sc3c(c2C#N)CCC3)Oc2ccccc2NC1=O. The number of rotatable bonds is 2. The lowest BCUT2D eigenvalue weighted by Gasteiger charge is -2.33. The highest BCUT2D eigenvalue weighted by Crippen LogP contribution is 2.40. The van der Waals surface area contributed by atoms with E-state index in [0.717, 1.165) is 29.7 Å². The number of thiophene rings is 1. The van der Waals surface area contributed by atoms with Gasteiger partial charge in [0.25, 0.3) is 17.4 Å². The van der Waals surface area contributed by atoms with Gasteiger partial charge in [-0.1, -0.05) is 12.1 Å². The Balaban J connectivity index is 1.64. The summed E-state index contributed by atoms with van der Waals surface area (Å²) in [6, 6.07) is 9.13. The van der Waals surface area contributed by atoms with E-state index in [0.29, 0.717) is 22.0 Å². The molecule has 2 aliphatic rings. The fourth-order valence-corrected chi connectivity index (χ4v) is 4.38. The molecule has 0 saturated carbocycles. The summed E-state index contributed by atoms with van der Waals surface area (Å²) in [6.45, 7) is 1.43. The van der Waals surface area contributed by atoms with Crippen molar-refractivity contribution in [1.82, 2.24) is 0 Å². The second kappa shape index (κ2) is 5.60. The van der Waals surface area contributed by atoms with E-state index in [1.54, 1.807) is 24.3 Å². The zero-order chi connectivity index (χ0) is 17.6. The molecule has 0 saturated heterocycles. The number of carbonyl (C=O) groups is 2. The lowest BCUT2D eigenvalue weighted by atomic mass is 10.0. The van der Waals surface area contributed by atoms with E-state index in [1.807, 2.05) is 0 Å². The first-order valence-corrected chi connectivity index (χ1v) is 8.80. The van der Waals surface area contributed by atoms with Gasteiger partial charge in [-0.3, -0.25) is 9.59 Å². The number of carbonyl (C=O) groups excluding carboxylic acids is 2. The summed E-state index contributed by atoms with van der Waals surface area (Å²) in [5.41, 5.74) is 0.360. The van der Waals surface area contributed by atoms with Crippen LogP contribution >= 0.6 is 11.3 Å². The van der Waals surface area contributed by atoms with Crippen molar-refractivity contribution in [2.45, 2.75) is 31.8 Å². The van der Waals surface area contributed by atoms with E-state index in [4.69, 9.17) is 4.74 Å². The number of nitriles is 1. The smallest absolute Gasteiger partial charge is 0.278 e. The quantitative estimate of drug-likeness (QED) is 0.812. The van der Waals surface area contributed by atoms with Crippen molar-refractivity contribution in [3.63, 3.8) is 0 Å². The van der Waals surface area contributed by atoms with Crippen LogP contribution in [0.1, 0.15) is 29.3 Å². The molecule has 0 spiro atoms. The minimum atomic E-state index is -1.70. The van der Waals surface area contributed by atoms with Crippen LogP contribution < -0.4 is 15.4 Å². The molecule has 1 aliphatic heterocycles. The summed E-state index contributed by atoms with van der Waals surface area (Å²) < 4.78 is 5.71. The van der Waals surface area contributed by atoms with E-state index in [1.165, 1.54) is 18.3 Å². The Morgan fingerprint density at radius 1 is 1.40 bits per heavy atom. The topological polar surface area (TPSA) is 91.2 Å². The van der Waals surface area contributed by atoms with Gasteiger partial charge in [0.1, 0.15) is 16.8 Å². The summed E-state index contributed by atoms with van der Waals surface area (Å²) in [5.74, 6) is -0.684. The molecule has 25 heavy (non-hydrogen) atoms. The van der Waals surface area contributed by atoms with Crippen molar-refractivity contribution in [1.29, 1.82) is 5.26 Å². The first-order valence-electron chi connectivity index (χ1n) is 7.98. The molecular weight excluding hydrogens is 338 g/mol. The predicted octanol–water partition coefficient (Wildman–Crippen LogP) is 2.84. The van der Waals surface area contributed by atoms with Crippen molar-refractivity contribution in [2.75, 3.05) is 10.6 Å². The highest BCUT2D eigenvalue weighted by Gasteiger charge is 2.47. The first-order chi connectivity index (χ1) is 12.0. The molecule has 1 unspecified atom stereocenters. The van der Waals surface area contributed by atoms with Crippen molar-refractivity contribution in [2.24, 2.45) is 0 Å². The molecule has 1 atom stereocenters. The number of hydrogen-bond donors (Lipinski definition) is 2. The number of para-hydroxylation sites is 2. The largest absolute Gasteiger partial charge is 0.466 e. The summed E-state index contributed by atoms with van der Waals surface area (Å²) in [7, 11) is 0. The van der Waals surface area contributed by atoms with Crippen LogP contribution in [0.15, 0.2) is 24.3 Å². The van der Waals surface area contributed by atoms with Crippen LogP contribution in [0, 0.1) is 11.3 Å². The van der Waals surface area contributed by atoms with Crippen LogP contribution in [0.25, 0.3) is 0 Å². The number of hydrogen-bond acceptors (Lipinski definition) is 5. The second-order valence-corrected chi connectivity index (χ2v) is 7.32. The third-order valence-corrected chi connectivity index (χ3v) is 5.78. The zero-order valence-electron chi connectivity index (χ0n) is 13.5. The normalized spacial score (nSPS) is 20.7. The number of amides is 2. The molecule has 126 valence electrons. The minimum absolute atomic E-state index is 0.439. The molecule has 4 rings (SSSR count). The van der Waals surface area contributed by atoms with Crippen LogP contribution in [-0.4, -0.2) is 17.4 Å². The molecule has 2 heterocycles. The molecule has 0 fully saturated rings. The van der Waals surface area contributed by atoms with Crippen LogP contribution in [0.5, 0.6) is 5.75 Å². The van der Waals surface area contributed by atoms with E-state index in [2.05, 4.69) is 16.7 Å². The first kappa shape index (κ1) is 15.7. The molecule has 2 aromatic rings. The van der Waals surface area contributed by atoms with Gasteiger partial charge < -0.3 is 15.4 Å². The third kappa shape index (κ3) is 2.37. The highest BCUT2D eigenvalue weighted by atomic mass is 32.1. The fourth-order valence-electron chi connectivity index (χ4n) is 3.15. The van der Waals surface area contributed by atoms with Crippen LogP contribution in [0.2, 0.25) is 0 Å². The van der Waals surface area contributed by atoms with E-state index in [-0.39, 0.29) is 0 Å². The lowest BCUT2D eigenvalue weighted by molar-refractivity contribution is -0.143. The van der Waals surface area contributed by atoms with Gasteiger partial charge in [0.2, 0.25) is 0 Å². The summed E-state index contributed by atoms with van der Waals surface area (Å²) in [4.78, 5) is 26.4. The van der Waals surface area contributed by atoms with Gasteiger partial charge in [0.05, 0.1) is 11.3 Å². The maximum absolute atomic E-state index is 12.8. The van der Waals surface area contributed by atoms with Crippen molar-refractivity contribution < 1.29 is 14.3 Å². The van der Waals surface area contributed by atoms with Crippen LogP contribution in [-0.2, 0) is 22.4 Å². The second-order valence-electron chi connectivity index (χ2n) is 6.21. The van der Waals surface area contributed by atoms with Crippen LogP contribution in [0.4, 0.5) is 10.7 Å². The number of benzene rings is 1. The van der Waals surface area contributed by atoms with Gasteiger partial charge in [-0.15, -0.1) is 11.3 Å². The molecule has 7 heteroatoms. The standard InChI is InChI=1S/C18H15N3O3S/c1-18(16(22)20-12-6-2-3-7-13(12)24-18)17(23)21-15-11(9-19)10-5-4-8-14(10)25-15/h2-3,6-7H,4-5,8H2,1H3,(H,20,22)(H,21,23). The Bertz CT molecular complexity index is 944. The third-order valence-electron chi connectivity index (χ3n) is 4.58. The van der Waals surface area contributed by atoms with Gasteiger partial charge in [-0.2, -0.15) is 5.26 Å². The Morgan fingerprint density at radius 3 is 3.00 bits per heavy atom. The fraction of sp³-hybridized carbons (Fsp3) is 0.278. The average molecular weight is 353 g/mol. The lowest BCUT2D eigenvalue weighted by Crippen LogP contribution is -2.56. The predicted molar refractivity (Wildman–Crippen MR) is 93.8 cm³/mol. The van der Waals surface area contributed by atoms with Crippen molar-refractivity contribution >= 4 is 33.8 Å². The molecule has 1 aromatic carbocycles. The van der Waals surface area contributed by atoms with E-state index >= 15 is 0 Å². The summed E-state index contributed by atoms with van der Waals surface area (Å²) >= 11 is 1.41. The highest BCUT2D eigenvalue weighted by molar-refractivity contribution is 7.16. The number of fused-ring (bicyclic) bond motifs is 2. The Kier molecular flexibility index (Phi) is 3.51. The van der Waals surface area contributed by atoms with Crippen molar-refractivity contribution in [3.05, 3.63) is 40.3 Å². The molecule has 6 nitrogen and oxygen atoms in total. The number of nitrogens with one attached hydrogen (secondary N) is 2. The molecular formula is C18H15N3O3S. The molecule has 2 amide bonds. The molecule has 1 aliphatic carbocycles. The minimum Gasteiger partial charge on any atom is -0.466 e. The van der Waals surface area contributed by atoms with Gasteiger partial charge in [0, 0.05) is 4.88 Å². The molecule has 0 radical (unpaired) electrons. The van der Waals surface area contributed by atoms with Gasteiger partial charge in [-0.25, -0.2) is 0 Å². The Hall–Kier alpha value is -2.85. The van der Waals surface area contributed by atoms with E-state index in [9.17, 15) is 14.9 Å². The zero-order valence-corrected chi connectivity index (χ0v) is 14.3. The maximum Gasteiger partial charge on any atom is 0.278 e. The van der Waals surface area contributed by atoms with Crippen LogP contribution in [0.3, 0.4) is 0 Å².